The highest BCUT2D eigenvalue weighted by atomic mass is 32.2. The first-order valence-corrected chi connectivity index (χ1v) is 14.5. The number of carbonyl (C=O) groups excluding carboxylic acids is 1. The van der Waals surface area contributed by atoms with Gasteiger partial charge in [0.15, 0.2) is 0 Å². The van der Waals surface area contributed by atoms with Gasteiger partial charge in [0.25, 0.3) is 0 Å². The molecule has 0 aromatic heterocycles. The van der Waals surface area contributed by atoms with Gasteiger partial charge in [0.2, 0.25) is 5.91 Å². The van der Waals surface area contributed by atoms with Crippen LogP contribution in [-0.4, -0.2) is 126 Å². The van der Waals surface area contributed by atoms with Crippen molar-refractivity contribution in [3.8, 4) is 0 Å². The Hall–Kier alpha value is -0.760. The molecular formula is C25H41N3O7S. The molecule has 5 aliphatic heterocycles. The van der Waals surface area contributed by atoms with E-state index in [0.29, 0.717) is 24.7 Å². The van der Waals surface area contributed by atoms with Crippen molar-refractivity contribution in [1.82, 2.24) is 15.5 Å². The van der Waals surface area contributed by atoms with Gasteiger partial charge in [-0.3, -0.25) is 9.69 Å². The van der Waals surface area contributed by atoms with E-state index < -0.39 is 41.9 Å². The number of ether oxygens (including phenoxy) is 3. The van der Waals surface area contributed by atoms with Crippen LogP contribution in [0, 0.1) is 11.8 Å². The quantitative estimate of drug-likeness (QED) is 0.292. The molecule has 5 aliphatic rings. The van der Waals surface area contributed by atoms with Crippen LogP contribution < -0.4 is 10.6 Å². The summed E-state index contributed by atoms with van der Waals surface area (Å²) >= 11 is 1.45. The average molecular weight is 528 g/mol. The number of hydrogen-bond donors (Lipinski definition) is 5. The lowest BCUT2D eigenvalue weighted by molar-refractivity contribution is -0.205. The topological polar surface area (TPSA) is 133 Å². The van der Waals surface area contributed by atoms with Crippen LogP contribution >= 0.6 is 11.8 Å². The Kier molecular flexibility index (Phi) is 9.24. The fourth-order valence-corrected chi connectivity index (χ4v) is 7.28. The summed E-state index contributed by atoms with van der Waals surface area (Å²) < 4.78 is 17.7. The fraction of sp³-hybridized carbons (Fsp3) is 0.880. The van der Waals surface area contributed by atoms with Crippen LogP contribution in [0.2, 0.25) is 0 Å². The lowest BCUT2D eigenvalue weighted by atomic mass is 9.91. The molecule has 0 radical (unpaired) electrons. The van der Waals surface area contributed by atoms with E-state index in [4.69, 9.17) is 14.2 Å². The van der Waals surface area contributed by atoms with Crippen LogP contribution in [0.1, 0.15) is 25.7 Å². The van der Waals surface area contributed by atoms with E-state index in [2.05, 4.69) is 27.7 Å². The van der Waals surface area contributed by atoms with Crippen molar-refractivity contribution in [1.29, 1.82) is 0 Å². The predicted molar refractivity (Wildman–Crippen MR) is 134 cm³/mol. The molecule has 10 atom stereocenters. The van der Waals surface area contributed by atoms with Crippen molar-refractivity contribution < 1.29 is 34.3 Å². The molecule has 5 rings (SSSR count). The molecule has 0 aromatic rings. The van der Waals surface area contributed by atoms with E-state index in [1.54, 1.807) is 0 Å². The summed E-state index contributed by atoms with van der Waals surface area (Å²) in [6.45, 7) is 5.53. The number of amides is 1. The van der Waals surface area contributed by atoms with Gasteiger partial charge in [0.05, 0.1) is 25.4 Å². The third-order valence-electron chi connectivity index (χ3n) is 8.16. The number of nitrogens with one attached hydrogen (secondary N) is 2. The second-order valence-electron chi connectivity index (χ2n) is 10.7. The maximum atomic E-state index is 13.4. The largest absolute Gasteiger partial charge is 0.388 e. The van der Waals surface area contributed by atoms with E-state index in [1.165, 1.54) is 11.8 Å². The van der Waals surface area contributed by atoms with Gasteiger partial charge in [-0.1, -0.05) is 18.6 Å². The summed E-state index contributed by atoms with van der Waals surface area (Å²) in [7, 11) is 0. The Morgan fingerprint density at radius 2 is 1.92 bits per heavy atom. The number of hydrogen-bond acceptors (Lipinski definition) is 10. The van der Waals surface area contributed by atoms with Crippen LogP contribution in [0.5, 0.6) is 0 Å². The number of carbonyl (C=O) groups is 1. The Bertz CT molecular complexity index is 770. The number of aliphatic hydroxyl groups excluding tert-OH is 3. The first-order chi connectivity index (χ1) is 17.5. The molecule has 5 N–H and O–H groups in total. The number of thioether (sulfide) groups is 1. The average Bonchev–Trinajstić information content (AvgIpc) is 3.15. The molecule has 4 saturated heterocycles. The summed E-state index contributed by atoms with van der Waals surface area (Å²) in [6.07, 6.45) is 3.00. The van der Waals surface area contributed by atoms with Gasteiger partial charge in [-0.05, 0) is 31.1 Å². The normalized spacial score (nSPS) is 45.3. The van der Waals surface area contributed by atoms with Crippen molar-refractivity contribution in [3.63, 3.8) is 0 Å². The molecule has 0 spiro atoms. The Morgan fingerprint density at radius 3 is 2.75 bits per heavy atom. The lowest BCUT2D eigenvalue weighted by Crippen LogP contribution is -2.64. The molecule has 0 aliphatic carbocycles. The van der Waals surface area contributed by atoms with Gasteiger partial charge in [-0.25, -0.2) is 0 Å². The van der Waals surface area contributed by atoms with E-state index in [9.17, 15) is 20.1 Å². The second-order valence-corrected chi connectivity index (χ2v) is 11.8. The molecule has 2 bridgehead atoms. The third kappa shape index (κ3) is 6.10. The molecule has 11 heteroatoms. The van der Waals surface area contributed by atoms with E-state index >= 15 is 0 Å². The lowest BCUT2D eigenvalue weighted by Gasteiger charge is -2.44. The second kappa shape index (κ2) is 12.4. The minimum atomic E-state index is -1.35. The van der Waals surface area contributed by atoms with Crippen LogP contribution in [-0.2, 0) is 19.0 Å². The highest BCUT2D eigenvalue weighted by Crippen LogP contribution is 2.33. The van der Waals surface area contributed by atoms with Gasteiger partial charge in [0, 0.05) is 38.5 Å². The molecule has 4 fully saturated rings. The van der Waals surface area contributed by atoms with Crippen LogP contribution in [0.15, 0.2) is 12.2 Å². The first-order valence-electron chi connectivity index (χ1n) is 13.4. The minimum absolute atomic E-state index is 0.159. The Labute approximate surface area is 217 Å². The van der Waals surface area contributed by atoms with Gasteiger partial charge >= 0.3 is 0 Å². The van der Waals surface area contributed by atoms with E-state index in [0.717, 1.165) is 58.7 Å². The number of aliphatic hydroxyl groups is 3. The van der Waals surface area contributed by atoms with Crippen LogP contribution in [0.25, 0.3) is 0 Å². The summed E-state index contributed by atoms with van der Waals surface area (Å²) in [5, 5.41) is 38.5. The number of rotatable bonds is 4. The van der Waals surface area contributed by atoms with Gasteiger partial charge < -0.3 is 40.2 Å². The van der Waals surface area contributed by atoms with Gasteiger partial charge in [-0.15, -0.1) is 11.8 Å². The van der Waals surface area contributed by atoms with E-state index in [1.807, 2.05) is 0 Å². The maximum Gasteiger partial charge on any atom is 0.240 e. The van der Waals surface area contributed by atoms with Gasteiger partial charge in [-0.2, -0.15) is 0 Å². The Morgan fingerprint density at radius 1 is 1.08 bits per heavy atom. The molecule has 0 saturated carbocycles. The SMILES string of the molecule is O=C(NC1C/C=C/[C@H](CN2CCOCC2)CSC2OC1C(O)C(O)C2O)C1NCC2CCCCOC21. The van der Waals surface area contributed by atoms with Gasteiger partial charge in [0.1, 0.15) is 35.9 Å². The molecule has 204 valence electrons. The molecule has 1 amide bonds. The summed E-state index contributed by atoms with van der Waals surface area (Å²) in [6, 6.07) is -1.01. The van der Waals surface area contributed by atoms with Crippen molar-refractivity contribution >= 4 is 17.7 Å². The van der Waals surface area contributed by atoms with Crippen LogP contribution in [0.3, 0.4) is 0 Å². The van der Waals surface area contributed by atoms with Crippen LogP contribution in [0.4, 0.5) is 0 Å². The van der Waals surface area contributed by atoms with Crippen molar-refractivity contribution in [3.05, 3.63) is 12.2 Å². The number of fused-ring (bicyclic) bond motifs is 3. The zero-order valence-electron chi connectivity index (χ0n) is 20.7. The zero-order valence-corrected chi connectivity index (χ0v) is 21.6. The fourth-order valence-electron chi connectivity index (χ4n) is 6.06. The molecule has 0 aromatic carbocycles. The monoisotopic (exact) mass is 527 g/mol. The zero-order chi connectivity index (χ0) is 25.1. The summed E-state index contributed by atoms with van der Waals surface area (Å²) in [4.78, 5) is 15.8. The first kappa shape index (κ1) is 26.8. The standard InChI is InChI=1S/C25H41N3O7S/c29-19-20(30)23-17(27-24(32)18-22-16(12-26-18)5-1-2-9-34-22)6-3-4-15(13-28-7-10-33-11-8-28)14-36-25(35-23)21(19)31/h3-4,15-23,25-26,29-31H,1-2,5-14H2,(H,27,32)/b4-3+/t15-,16?,17?,18?,19?,20?,21?,22?,23?,25?/m1/s1. The van der Waals surface area contributed by atoms with E-state index in [-0.39, 0.29) is 17.9 Å². The summed E-state index contributed by atoms with van der Waals surface area (Å²) in [5.41, 5.74) is -0.689. The third-order valence-corrected chi connectivity index (χ3v) is 9.49. The van der Waals surface area contributed by atoms with Crippen molar-refractivity contribution in [2.45, 2.75) is 73.7 Å². The molecule has 10 nitrogen and oxygen atoms in total. The highest BCUT2D eigenvalue weighted by molar-refractivity contribution is 7.99. The summed E-state index contributed by atoms with van der Waals surface area (Å²) in [5.74, 6) is 1.08. The molecular weight excluding hydrogens is 486 g/mol. The predicted octanol–water partition coefficient (Wildman–Crippen LogP) is -0.923. The van der Waals surface area contributed by atoms with Crippen molar-refractivity contribution in [2.24, 2.45) is 11.8 Å². The Balaban J connectivity index is 1.31. The maximum absolute atomic E-state index is 13.4. The molecule has 36 heavy (non-hydrogen) atoms. The smallest absolute Gasteiger partial charge is 0.240 e. The number of nitrogens with zero attached hydrogens (tertiary/aromatic N) is 1. The minimum Gasteiger partial charge on any atom is -0.388 e. The highest BCUT2D eigenvalue weighted by Gasteiger charge is 2.48. The molecule has 5 heterocycles. The molecule has 9 unspecified atom stereocenters. The van der Waals surface area contributed by atoms with Crippen molar-refractivity contribution in [2.75, 3.05) is 51.8 Å². The number of morpholine rings is 1.